The molecule has 3 aromatic rings. The first kappa shape index (κ1) is 19.3. The van der Waals surface area contributed by atoms with Crippen LogP contribution in [0.3, 0.4) is 0 Å². The summed E-state index contributed by atoms with van der Waals surface area (Å²) in [5, 5.41) is 46.2. The van der Waals surface area contributed by atoms with Gasteiger partial charge >= 0.3 is 11.9 Å². The van der Waals surface area contributed by atoms with E-state index in [1.165, 1.54) is 6.92 Å². The molecule has 0 spiro atoms. The van der Waals surface area contributed by atoms with Crippen LogP contribution in [0.15, 0.2) is 24.3 Å². The van der Waals surface area contributed by atoms with Gasteiger partial charge in [0.2, 0.25) is 5.75 Å². The van der Waals surface area contributed by atoms with Crippen molar-refractivity contribution in [2.45, 2.75) is 13.1 Å². The number of halogens is 3. The summed E-state index contributed by atoms with van der Waals surface area (Å²) in [6, 6.07) is 3.60. The second kappa shape index (κ2) is 6.60. The molecule has 2 aromatic heterocycles. The van der Waals surface area contributed by atoms with Gasteiger partial charge in [-0.1, -0.05) is 4.49 Å². The van der Waals surface area contributed by atoms with Crippen LogP contribution in [0.25, 0.3) is 21.7 Å². The topological polar surface area (TPSA) is 136 Å². The smallest absolute Gasteiger partial charge is 0.478 e. The number of alkyl halides is 3. The maximum absolute atomic E-state index is 12.9. The summed E-state index contributed by atoms with van der Waals surface area (Å²) in [5.74, 6) is -1.73. The van der Waals surface area contributed by atoms with Crippen molar-refractivity contribution in [1.29, 1.82) is 0 Å². The molecular weight excluding hydrogens is 405 g/mol. The zero-order valence-corrected chi connectivity index (χ0v) is 14.6. The van der Waals surface area contributed by atoms with Crippen molar-refractivity contribution < 1.29 is 33.0 Å². The molecule has 0 amide bonds. The molecule has 0 radical (unpaired) electrons. The minimum absolute atomic E-state index is 0.00809. The standard InChI is InChI=1S/C15H9F3N4O5S/c1-6-8(2-3-11(21(6)25)15(16,17)18)14-12(19-20-28-14)7-4-9(22(26)27)13(24)10(23)5-7/h2-5,23-24H,1H3. The number of hydrogen-bond donors (Lipinski definition) is 2. The van der Waals surface area contributed by atoms with E-state index in [-0.39, 0.29) is 32.1 Å². The van der Waals surface area contributed by atoms with Gasteiger partial charge in [-0.2, -0.15) is 17.9 Å². The lowest BCUT2D eigenvalue weighted by Crippen LogP contribution is -2.39. The lowest BCUT2D eigenvalue weighted by atomic mass is 10.0. The number of phenols is 2. The Bertz CT molecular complexity index is 1100. The number of phenolic OH excluding ortho intramolecular Hbond substituents is 2. The van der Waals surface area contributed by atoms with Crippen molar-refractivity contribution in [1.82, 2.24) is 9.59 Å². The number of pyridine rings is 1. The monoisotopic (exact) mass is 414 g/mol. The van der Waals surface area contributed by atoms with Crippen LogP contribution in [-0.2, 0) is 6.18 Å². The highest BCUT2D eigenvalue weighted by molar-refractivity contribution is 7.09. The lowest BCUT2D eigenvalue weighted by Gasteiger charge is -2.12. The number of nitro benzene ring substituents is 1. The molecule has 3 rings (SSSR count). The van der Waals surface area contributed by atoms with E-state index in [1.54, 1.807) is 0 Å². The molecule has 0 atom stereocenters. The van der Waals surface area contributed by atoms with Gasteiger partial charge < -0.3 is 15.4 Å². The number of aromatic nitrogens is 3. The van der Waals surface area contributed by atoms with Crippen molar-refractivity contribution in [2.24, 2.45) is 0 Å². The molecule has 146 valence electrons. The highest BCUT2D eigenvalue weighted by Gasteiger charge is 2.41. The molecule has 28 heavy (non-hydrogen) atoms. The highest BCUT2D eigenvalue weighted by Crippen LogP contribution is 2.42. The third kappa shape index (κ3) is 3.15. The van der Waals surface area contributed by atoms with Crippen LogP contribution in [-0.4, -0.2) is 24.7 Å². The molecular formula is C15H9F3N4O5S. The average molecular weight is 414 g/mol. The lowest BCUT2D eigenvalue weighted by molar-refractivity contribution is -0.635. The summed E-state index contributed by atoms with van der Waals surface area (Å²) in [4.78, 5) is 10.3. The Morgan fingerprint density at radius 1 is 1.25 bits per heavy atom. The molecule has 2 N–H and O–H groups in total. The van der Waals surface area contributed by atoms with E-state index in [1.807, 2.05) is 0 Å². The van der Waals surface area contributed by atoms with Gasteiger partial charge in [-0.25, -0.2) is 0 Å². The Balaban J connectivity index is 2.20. The molecule has 9 nitrogen and oxygen atoms in total. The van der Waals surface area contributed by atoms with Crippen LogP contribution < -0.4 is 4.73 Å². The van der Waals surface area contributed by atoms with Crippen LogP contribution in [0, 0.1) is 22.2 Å². The summed E-state index contributed by atoms with van der Waals surface area (Å²) >= 11 is 0.749. The number of nitrogens with zero attached hydrogens (tertiary/aromatic N) is 4. The van der Waals surface area contributed by atoms with E-state index in [4.69, 9.17) is 0 Å². The van der Waals surface area contributed by atoms with Crippen LogP contribution >= 0.6 is 11.5 Å². The molecule has 0 unspecified atom stereocenters. The number of hydrogen-bond acceptors (Lipinski definition) is 8. The fourth-order valence-electron chi connectivity index (χ4n) is 2.53. The van der Waals surface area contributed by atoms with E-state index < -0.39 is 34.0 Å². The Labute approximate surface area is 157 Å². The van der Waals surface area contributed by atoms with E-state index in [2.05, 4.69) is 9.59 Å². The largest absolute Gasteiger partial charge is 0.618 e. The Morgan fingerprint density at radius 2 is 1.93 bits per heavy atom. The van der Waals surface area contributed by atoms with E-state index in [0.29, 0.717) is 6.07 Å². The van der Waals surface area contributed by atoms with Crippen molar-refractivity contribution in [3.8, 4) is 33.2 Å². The summed E-state index contributed by atoms with van der Waals surface area (Å²) in [6.07, 6.45) is -4.84. The molecule has 0 aliphatic heterocycles. The van der Waals surface area contributed by atoms with Gasteiger partial charge in [-0.3, -0.25) is 10.1 Å². The molecule has 1 aromatic carbocycles. The first-order valence-corrected chi connectivity index (χ1v) is 8.13. The van der Waals surface area contributed by atoms with E-state index in [9.17, 15) is 38.7 Å². The molecule has 2 heterocycles. The van der Waals surface area contributed by atoms with Gasteiger partial charge in [0.15, 0.2) is 11.4 Å². The highest BCUT2D eigenvalue weighted by atomic mass is 32.1. The summed E-state index contributed by atoms with van der Waals surface area (Å²) in [5.41, 5.74) is -2.40. The summed E-state index contributed by atoms with van der Waals surface area (Å²) < 4.78 is 42.1. The van der Waals surface area contributed by atoms with Crippen molar-refractivity contribution in [3.05, 3.63) is 51.0 Å². The van der Waals surface area contributed by atoms with Gasteiger partial charge in [0, 0.05) is 24.6 Å². The Kier molecular flexibility index (Phi) is 4.54. The minimum atomic E-state index is -4.84. The fourth-order valence-corrected chi connectivity index (χ4v) is 3.29. The molecule has 0 aliphatic carbocycles. The van der Waals surface area contributed by atoms with Crippen molar-refractivity contribution >= 4 is 17.2 Å². The maximum atomic E-state index is 12.9. The Morgan fingerprint density at radius 3 is 2.54 bits per heavy atom. The third-order valence-electron chi connectivity index (χ3n) is 3.88. The van der Waals surface area contributed by atoms with Gasteiger partial charge in [-0.05, 0) is 23.7 Å². The normalized spacial score (nSPS) is 11.6. The third-order valence-corrected chi connectivity index (χ3v) is 4.64. The molecule has 13 heteroatoms. The number of aromatic hydroxyl groups is 2. The fraction of sp³-hybridized carbons (Fsp3) is 0.133. The molecule has 0 saturated heterocycles. The zero-order chi connectivity index (χ0) is 20.8. The van der Waals surface area contributed by atoms with Crippen molar-refractivity contribution in [2.75, 3.05) is 0 Å². The van der Waals surface area contributed by atoms with E-state index >= 15 is 0 Å². The molecule has 0 bridgehead atoms. The average Bonchev–Trinajstić information content (AvgIpc) is 3.07. The van der Waals surface area contributed by atoms with Crippen LogP contribution in [0.5, 0.6) is 11.5 Å². The van der Waals surface area contributed by atoms with Gasteiger partial charge in [0.1, 0.15) is 5.69 Å². The number of rotatable bonds is 3. The minimum Gasteiger partial charge on any atom is -0.618 e. The molecule has 0 fully saturated rings. The first-order valence-electron chi connectivity index (χ1n) is 7.36. The number of nitro groups is 1. The maximum Gasteiger partial charge on any atom is 0.478 e. The second-order valence-electron chi connectivity index (χ2n) is 5.58. The first-order chi connectivity index (χ1) is 13.0. The van der Waals surface area contributed by atoms with Crippen molar-refractivity contribution in [3.63, 3.8) is 0 Å². The second-order valence-corrected chi connectivity index (χ2v) is 6.33. The van der Waals surface area contributed by atoms with Crippen LogP contribution in [0.2, 0.25) is 0 Å². The van der Waals surface area contributed by atoms with Gasteiger partial charge in [0.25, 0.3) is 5.69 Å². The summed E-state index contributed by atoms with van der Waals surface area (Å²) in [6.45, 7) is 1.18. The van der Waals surface area contributed by atoms with Crippen LogP contribution in [0.1, 0.15) is 11.4 Å². The number of benzene rings is 1. The quantitative estimate of drug-likeness (QED) is 0.221. The molecule has 0 saturated carbocycles. The zero-order valence-electron chi connectivity index (χ0n) is 13.8. The predicted octanol–water partition coefficient (Wildman–Crippen LogP) is 3.15. The van der Waals surface area contributed by atoms with Gasteiger partial charge in [0.05, 0.1) is 15.4 Å². The predicted molar refractivity (Wildman–Crippen MR) is 89.5 cm³/mol. The molecule has 0 aliphatic rings. The Hall–Kier alpha value is -3.48. The van der Waals surface area contributed by atoms with E-state index in [0.717, 1.165) is 29.7 Å². The van der Waals surface area contributed by atoms with Crippen LogP contribution in [0.4, 0.5) is 18.9 Å². The summed E-state index contributed by atoms with van der Waals surface area (Å²) in [7, 11) is 0. The van der Waals surface area contributed by atoms with Gasteiger partial charge in [-0.15, -0.1) is 5.10 Å². The SMILES string of the molecule is Cc1c(-c2snnc2-c2cc(O)c(O)c([N+](=O)[O-])c2)ccc(C(F)(F)F)[n+]1[O-].